The van der Waals surface area contributed by atoms with Gasteiger partial charge in [0, 0.05) is 31.9 Å². The summed E-state index contributed by atoms with van der Waals surface area (Å²) in [4.78, 5) is 0. The molecule has 1 N–H and O–H groups in total. The van der Waals surface area contributed by atoms with E-state index in [4.69, 9.17) is 0 Å². The lowest BCUT2D eigenvalue weighted by Gasteiger charge is -2.20. The van der Waals surface area contributed by atoms with Crippen molar-refractivity contribution >= 4 is 0 Å². The van der Waals surface area contributed by atoms with Crippen LogP contribution in [0.15, 0.2) is 12.3 Å². The van der Waals surface area contributed by atoms with Gasteiger partial charge in [0.05, 0.1) is 0 Å². The SMILES string of the molecule is Cn1nccc1CCNC1(C(F)(F)F)CC1. The summed E-state index contributed by atoms with van der Waals surface area (Å²) in [5.74, 6) is 0. The fourth-order valence-electron chi connectivity index (χ4n) is 1.76. The second kappa shape index (κ2) is 3.76. The third-order valence-electron chi connectivity index (χ3n) is 3.06. The number of hydrogen-bond donors (Lipinski definition) is 1. The molecule has 1 heterocycles. The van der Waals surface area contributed by atoms with Gasteiger partial charge in [-0.15, -0.1) is 0 Å². The number of alkyl halides is 3. The van der Waals surface area contributed by atoms with E-state index < -0.39 is 11.7 Å². The maximum Gasteiger partial charge on any atom is 0.406 e. The van der Waals surface area contributed by atoms with Crippen LogP contribution in [0.4, 0.5) is 13.2 Å². The molecule has 0 amide bonds. The van der Waals surface area contributed by atoms with E-state index in [0.29, 0.717) is 13.0 Å². The predicted molar refractivity (Wildman–Crippen MR) is 52.9 cm³/mol. The Morgan fingerprint density at radius 2 is 2.19 bits per heavy atom. The minimum atomic E-state index is -4.13. The molecular formula is C10H14F3N3. The summed E-state index contributed by atoms with van der Waals surface area (Å²) in [6.45, 7) is 0.332. The van der Waals surface area contributed by atoms with Crippen LogP contribution in [-0.2, 0) is 13.5 Å². The zero-order valence-electron chi connectivity index (χ0n) is 9.01. The van der Waals surface area contributed by atoms with Crippen molar-refractivity contribution in [2.75, 3.05) is 6.54 Å². The highest BCUT2D eigenvalue weighted by atomic mass is 19.4. The first-order valence-electron chi connectivity index (χ1n) is 5.23. The number of halogens is 3. The van der Waals surface area contributed by atoms with Gasteiger partial charge in [0.25, 0.3) is 0 Å². The number of aromatic nitrogens is 2. The van der Waals surface area contributed by atoms with Crippen molar-refractivity contribution in [1.82, 2.24) is 15.1 Å². The van der Waals surface area contributed by atoms with Gasteiger partial charge >= 0.3 is 6.18 Å². The lowest BCUT2D eigenvalue weighted by Crippen LogP contribution is -2.45. The predicted octanol–water partition coefficient (Wildman–Crippen LogP) is 1.65. The van der Waals surface area contributed by atoms with Crippen LogP contribution in [0, 0.1) is 0 Å². The fourth-order valence-corrected chi connectivity index (χ4v) is 1.76. The van der Waals surface area contributed by atoms with Gasteiger partial charge in [0.2, 0.25) is 0 Å². The Bertz CT molecular complexity index is 366. The minimum Gasteiger partial charge on any atom is -0.303 e. The van der Waals surface area contributed by atoms with Crippen LogP contribution in [0.2, 0.25) is 0 Å². The summed E-state index contributed by atoms with van der Waals surface area (Å²) in [5.41, 5.74) is -0.670. The van der Waals surface area contributed by atoms with E-state index in [0.717, 1.165) is 5.69 Å². The summed E-state index contributed by atoms with van der Waals surface area (Å²) >= 11 is 0. The van der Waals surface area contributed by atoms with Crippen molar-refractivity contribution in [1.29, 1.82) is 0 Å². The fraction of sp³-hybridized carbons (Fsp3) is 0.700. The monoisotopic (exact) mass is 233 g/mol. The standard InChI is InChI=1S/C10H14F3N3/c1-16-8(3-7-15-16)2-6-14-9(4-5-9)10(11,12)13/h3,7,14H,2,4-6H2,1H3. The molecule has 0 bridgehead atoms. The molecule has 0 aromatic carbocycles. The van der Waals surface area contributed by atoms with E-state index in [-0.39, 0.29) is 12.8 Å². The molecule has 0 saturated heterocycles. The quantitative estimate of drug-likeness (QED) is 0.857. The largest absolute Gasteiger partial charge is 0.406 e. The Morgan fingerprint density at radius 1 is 1.50 bits per heavy atom. The number of rotatable bonds is 4. The van der Waals surface area contributed by atoms with Crippen molar-refractivity contribution in [2.45, 2.75) is 31.0 Å². The zero-order valence-corrected chi connectivity index (χ0v) is 9.01. The van der Waals surface area contributed by atoms with Crippen molar-refractivity contribution in [2.24, 2.45) is 7.05 Å². The van der Waals surface area contributed by atoms with Crippen LogP contribution in [-0.4, -0.2) is 28.0 Å². The molecule has 6 heteroatoms. The molecule has 0 radical (unpaired) electrons. The van der Waals surface area contributed by atoms with E-state index in [2.05, 4.69) is 10.4 Å². The summed E-state index contributed by atoms with van der Waals surface area (Å²) in [6.07, 6.45) is -1.52. The molecule has 1 aromatic heterocycles. The normalized spacial score (nSPS) is 18.8. The molecule has 2 rings (SSSR count). The molecule has 1 aliphatic carbocycles. The third kappa shape index (κ3) is 2.07. The van der Waals surface area contributed by atoms with Crippen LogP contribution in [0.5, 0.6) is 0 Å². The Labute approximate surface area is 91.6 Å². The van der Waals surface area contributed by atoms with Gasteiger partial charge in [0.15, 0.2) is 0 Å². The highest BCUT2D eigenvalue weighted by Gasteiger charge is 2.62. The van der Waals surface area contributed by atoms with Crippen molar-refractivity contribution in [3.8, 4) is 0 Å². The minimum absolute atomic E-state index is 0.196. The highest BCUT2D eigenvalue weighted by molar-refractivity contribution is 5.09. The molecule has 1 aromatic rings. The maximum absolute atomic E-state index is 12.6. The Kier molecular flexibility index (Phi) is 2.69. The van der Waals surface area contributed by atoms with Gasteiger partial charge in [-0.25, -0.2) is 0 Å². The Hall–Kier alpha value is -1.04. The summed E-state index contributed by atoms with van der Waals surface area (Å²) in [5, 5.41) is 6.57. The second-order valence-corrected chi connectivity index (χ2v) is 4.20. The maximum atomic E-state index is 12.6. The average Bonchev–Trinajstić information content (AvgIpc) is 2.87. The van der Waals surface area contributed by atoms with Gasteiger partial charge in [-0.2, -0.15) is 18.3 Å². The van der Waals surface area contributed by atoms with Gasteiger partial charge < -0.3 is 5.32 Å². The van der Waals surface area contributed by atoms with Gasteiger partial charge in [0.1, 0.15) is 5.54 Å². The number of hydrogen-bond acceptors (Lipinski definition) is 2. The van der Waals surface area contributed by atoms with E-state index in [1.807, 2.05) is 6.07 Å². The lowest BCUT2D eigenvalue weighted by molar-refractivity contribution is -0.165. The summed E-state index contributed by atoms with van der Waals surface area (Å²) < 4.78 is 39.4. The smallest absolute Gasteiger partial charge is 0.303 e. The molecule has 1 fully saturated rings. The van der Waals surface area contributed by atoms with Crippen LogP contribution in [0.3, 0.4) is 0 Å². The number of nitrogens with one attached hydrogen (secondary N) is 1. The van der Waals surface area contributed by atoms with Crippen LogP contribution in [0.1, 0.15) is 18.5 Å². The van der Waals surface area contributed by atoms with Crippen LogP contribution < -0.4 is 5.32 Å². The third-order valence-corrected chi connectivity index (χ3v) is 3.06. The van der Waals surface area contributed by atoms with Gasteiger partial charge in [-0.1, -0.05) is 0 Å². The van der Waals surface area contributed by atoms with E-state index >= 15 is 0 Å². The van der Waals surface area contributed by atoms with E-state index in [1.165, 1.54) is 0 Å². The number of aryl methyl sites for hydroxylation is 1. The molecule has 0 atom stereocenters. The van der Waals surface area contributed by atoms with Gasteiger partial charge in [-0.05, 0) is 18.9 Å². The Morgan fingerprint density at radius 3 is 2.62 bits per heavy atom. The molecular weight excluding hydrogens is 219 g/mol. The topological polar surface area (TPSA) is 29.9 Å². The molecule has 16 heavy (non-hydrogen) atoms. The summed E-state index contributed by atoms with van der Waals surface area (Å²) in [6, 6.07) is 1.81. The van der Waals surface area contributed by atoms with Crippen LogP contribution >= 0.6 is 0 Å². The lowest BCUT2D eigenvalue weighted by atomic mass is 10.2. The molecule has 1 saturated carbocycles. The average molecular weight is 233 g/mol. The Balaban J connectivity index is 1.83. The van der Waals surface area contributed by atoms with Crippen LogP contribution in [0.25, 0.3) is 0 Å². The molecule has 0 aliphatic heterocycles. The summed E-state index contributed by atoms with van der Waals surface area (Å²) in [7, 11) is 1.78. The number of nitrogens with zero attached hydrogens (tertiary/aromatic N) is 2. The first-order valence-corrected chi connectivity index (χ1v) is 5.23. The molecule has 1 aliphatic rings. The second-order valence-electron chi connectivity index (χ2n) is 4.20. The molecule has 0 spiro atoms. The van der Waals surface area contributed by atoms with E-state index in [9.17, 15) is 13.2 Å². The molecule has 90 valence electrons. The molecule has 0 unspecified atom stereocenters. The van der Waals surface area contributed by atoms with Crippen molar-refractivity contribution < 1.29 is 13.2 Å². The highest BCUT2D eigenvalue weighted by Crippen LogP contribution is 2.48. The van der Waals surface area contributed by atoms with Crippen molar-refractivity contribution in [3.63, 3.8) is 0 Å². The van der Waals surface area contributed by atoms with E-state index in [1.54, 1.807) is 17.9 Å². The zero-order chi connectivity index (χ0) is 11.8. The molecule has 3 nitrogen and oxygen atoms in total. The van der Waals surface area contributed by atoms with Crippen molar-refractivity contribution in [3.05, 3.63) is 18.0 Å². The van der Waals surface area contributed by atoms with Gasteiger partial charge in [-0.3, -0.25) is 4.68 Å². The first-order chi connectivity index (χ1) is 7.45. The first kappa shape index (κ1) is 11.4.